The Morgan fingerprint density at radius 2 is 2.26 bits per heavy atom. The summed E-state index contributed by atoms with van der Waals surface area (Å²) in [4.78, 5) is 16.6. The number of methoxy groups -OCH3 is 2. The Bertz CT molecular complexity index is 699. The molecule has 0 saturated carbocycles. The number of carbonyl (C=O) groups is 1. The Morgan fingerprint density at radius 3 is 2.96 bits per heavy atom. The summed E-state index contributed by atoms with van der Waals surface area (Å²) in [6.45, 7) is 0. The highest BCUT2D eigenvalue weighted by molar-refractivity contribution is 7.99. The number of amides is 1. The van der Waals surface area contributed by atoms with Crippen LogP contribution < -0.4 is 20.1 Å². The molecule has 1 aliphatic heterocycles. The van der Waals surface area contributed by atoms with Gasteiger partial charge in [0.15, 0.2) is 5.13 Å². The van der Waals surface area contributed by atoms with Crippen LogP contribution in [-0.2, 0) is 4.79 Å². The molecule has 2 N–H and O–H groups in total. The number of hydrogen-bond acceptors (Lipinski definition) is 7. The highest BCUT2D eigenvalue weighted by atomic mass is 32.2. The van der Waals surface area contributed by atoms with Crippen molar-refractivity contribution in [2.24, 2.45) is 0 Å². The molecule has 2 aromatic rings. The molecule has 0 bridgehead atoms. The van der Waals surface area contributed by atoms with Crippen molar-refractivity contribution in [1.29, 1.82) is 0 Å². The number of rotatable bonds is 5. The second-order valence-electron chi connectivity index (χ2n) is 4.87. The van der Waals surface area contributed by atoms with Crippen LogP contribution in [0.1, 0.15) is 0 Å². The summed E-state index contributed by atoms with van der Waals surface area (Å²) < 4.78 is 10.6. The van der Waals surface area contributed by atoms with Crippen molar-refractivity contribution in [3.63, 3.8) is 0 Å². The first kappa shape index (κ1) is 16.1. The van der Waals surface area contributed by atoms with E-state index in [9.17, 15) is 4.79 Å². The van der Waals surface area contributed by atoms with Gasteiger partial charge in [-0.25, -0.2) is 4.98 Å². The number of thiazole rings is 1. The highest BCUT2D eigenvalue weighted by Gasteiger charge is 2.23. The molecule has 1 aromatic carbocycles. The number of carbonyl (C=O) groups excluding carboxylic acids is 1. The molecule has 0 spiro atoms. The molecular formula is C15H17N3O3S2. The predicted octanol–water partition coefficient (Wildman–Crippen LogP) is 2.43. The van der Waals surface area contributed by atoms with E-state index in [1.165, 1.54) is 11.3 Å². The van der Waals surface area contributed by atoms with Crippen LogP contribution in [0.15, 0.2) is 23.6 Å². The number of nitrogens with one attached hydrogen (secondary N) is 2. The minimum Gasteiger partial charge on any atom is -0.497 e. The quantitative estimate of drug-likeness (QED) is 0.862. The zero-order valence-electron chi connectivity index (χ0n) is 12.8. The van der Waals surface area contributed by atoms with Gasteiger partial charge in [-0.2, -0.15) is 0 Å². The molecule has 1 atom stereocenters. The van der Waals surface area contributed by atoms with E-state index in [0.717, 1.165) is 28.6 Å². The normalized spacial score (nSPS) is 17.0. The first-order chi connectivity index (χ1) is 11.2. The second kappa shape index (κ2) is 7.20. The van der Waals surface area contributed by atoms with Crippen molar-refractivity contribution < 1.29 is 14.3 Å². The summed E-state index contributed by atoms with van der Waals surface area (Å²) in [5.41, 5.74) is 1.58. The lowest BCUT2D eigenvalue weighted by Gasteiger charge is -2.09. The molecule has 23 heavy (non-hydrogen) atoms. The first-order valence-electron chi connectivity index (χ1n) is 7.01. The average molecular weight is 351 g/mol. The lowest BCUT2D eigenvalue weighted by Crippen LogP contribution is -2.37. The molecule has 8 heteroatoms. The summed E-state index contributed by atoms with van der Waals surface area (Å²) in [7, 11) is 3.23. The van der Waals surface area contributed by atoms with Gasteiger partial charge in [-0.15, -0.1) is 23.1 Å². The molecule has 1 aliphatic rings. The average Bonchev–Trinajstić information content (AvgIpc) is 3.26. The Balaban J connectivity index is 1.80. The summed E-state index contributed by atoms with van der Waals surface area (Å²) in [5.74, 6) is 2.98. The van der Waals surface area contributed by atoms with E-state index in [1.807, 2.05) is 23.6 Å². The van der Waals surface area contributed by atoms with Gasteiger partial charge < -0.3 is 14.8 Å². The van der Waals surface area contributed by atoms with Crippen molar-refractivity contribution in [3.05, 3.63) is 23.6 Å². The van der Waals surface area contributed by atoms with E-state index in [0.29, 0.717) is 10.9 Å². The minimum atomic E-state index is -0.154. The van der Waals surface area contributed by atoms with Gasteiger partial charge in [-0.1, -0.05) is 0 Å². The molecular weight excluding hydrogens is 334 g/mol. The highest BCUT2D eigenvalue weighted by Crippen LogP contribution is 2.35. The van der Waals surface area contributed by atoms with Gasteiger partial charge in [-0.3, -0.25) is 10.1 Å². The molecule has 1 fully saturated rings. The van der Waals surface area contributed by atoms with Gasteiger partial charge in [0, 0.05) is 22.6 Å². The van der Waals surface area contributed by atoms with Crippen molar-refractivity contribution in [2.45, 2.75) is 6.04 Å². The monoisotopic (exact) mass is 351 g/mol. The number of nitrogens with zero attached hydrogens (tertiary/aromatic N) is 1. The molecule has 2 heterocycles. The molecule has 122 valence electrons. The SMILES string of the molecule is COc1ccc(OC)c(-c2csc(NC(=O)C3CSCN3)n2)c1. The van der Waals surface area contributed by atoms with E-state index < -0.39 is 0 Å². The maximum atomic E-state index is 12.1. The molecule has 3 rings (SSSR count). The van der Waals surface area contributed by atoms with E-state index >= 15 is 0 Å². The van der Waals surface area contributed by atoms with Crippen LogP contribution in [0.2, 0.25) is 0 Å². The lowest BCUT2D eigenvalue weighted by atomic mass is 10.1. The van der Waals surface area contributed by atoms with Crippen LogP contribution in [0.25, 0.3) is 11.3 Å². The largest absolute Gasteiger partial charge is 0.497 e. The number of thioether (sulfide) groups is 1. The molecule has 1 saturated heterocycles. The smallest absolute Gasteiger partial charge is 0.244 e. The first-order valence-corrected chi connectivity index (χ1v) is 9.04. The molecule has 0 radical (unpaired) electrons. The van der Waals surface area contributed by atoms with Crippen molar-refractivity contribution in [3.8, 4) is 22.8 Å². The van der Waals surface area contributed by atoms with Crippen molar-refractivity contribution in [2.75, 3.05) is 31.2 Å². The standard InChI is InChI=1S/C15H17N3O3S2/c1-20-9-3-4-13(21-2)10(5-9)11-7-23-15(17-11)18-14(19)12-6-22-8-16-12/h3-5,7,12,16H,6,8H2,1-2H3,(H,17,18,19). The topological polar surface area (TPSA) is 72.5 Å². The van der Waals surface area contributed by atoms with Crippen LogP contribution in [0, 0.1) is 0 Å². The number of hydrogen-bond donors (Lipinski definition) is 2. The summed E-state index contributed by atoms with van der Waals surface area (Å²) in [6, 6.07) is 5.39. The third-order valence-electron chi connectivity index (χ3n) is 3.45. The zero-order valence-corrected chi connectivity index (χ0v) is 14.4. The maximum absolute atomic E-state index is 12.1. The number of ether oxygens (including phenoxy) is 2. The van der Waals surface area contributed by atoms with Crippen molar-refractivity contribution in [1.82, 2.24) is 10.3 Å². The number of benzene rings is 1. The Kier molecular flexibility index (Phi) is 5.04. The molecule has 6 nitrogen and oxygen atoms in total. The van der Waals surface area contributed by atoms with E-state index in [4.69, 9.17) is 9.47 Å². The Hall–Kier alpha value is -1.77. The van der Waals surface area contributed by atoms with E-state index in [-0.39, 0.29) is 11.9 Å². The summed E-state index contributed by atoms with van der Waals surface area (Å²) in [6.07, 6.45) is 0. The van der Waals surface area contributed by atoms with Gasteiger partial charge >= 0.3 is 0 Å². The predicted molar refractivity (Wildman–Crippen MR) is 93.5 cm³/mol. The second-order valence-corrected chi connectivity index (χ2v) is 6.75. The Labute approximate surface area is 142 Å². The summed E-state index contributed by atoms with van der Waals surface area (Å²) >= 11 is 3.10. The Morgan fingerprint density at radius 1 is 1.39 bits per heavy atom. The maximum Gasteiger partial charge on any atom is 0.244 e. The number of aromatic nitrogens is 1. The fourth-order valence-corrected chi connectivity index (χ4v) is 3.88. The fraction of sp³-hybridized carbons (Fsp3) is 0.333. The lowest BCUT2D eigenvalue weighted by molar-refractivity contribution is -0.117. The third-order valence-corrected chi connectivity index (χ3v) is 5.15. The van der Waals surface area contributed by atoms with Gasteiger partial charge in [-0.05, 0) is 18.2 Å². The van der Waals surface area contributed by atoms with E-state index in [1.54, 1.807) is 26.0 Å². The third kappa shape index (κ3) is 3.60. The van der Waals surface area contributed by atoms with Crippen LogP contribution in [0.3, 0.4) is 0 Å². The van der Waals surface area contributed by atoms with Crippen LogP contribution in [0.4, 0.5) is 5.13 Å². The molecule has 1 unspecified atom stereocenters. The molecule has 1 amide bonds. The zero-order chi connectivity index (χ0) is 16.2. The molecule has 0 aliphatic carbocycles. The van der Waals surface area contributed by atoms with Gasteiger partial charge in [0.25, 0.3) is 0 Å². The van der Waals surface area contributed by atoms with Crippen molar-refractivity contribution >= 4 is 34.1 Å². The van der Waals surface area contributed by atoms with E-state index in [2.05, 4.69) is 15.6 Å². The van der Waals surface area contributed by atoms with Crippen LogP contribution in [-0.4, -0.2) is 42.8 Å². The van der Waals surface area contributed by atoms with Crippen LogP contribution >= 0.6 is 23.1 Å². The van der Waals surface area contributed by atoms with Gasteiger partial charge in [0.1, 0.15) is 11.5 Å². The fourth-order valence-electron chi connectivity index (χ4n) is 2.23. The molecule has 1 aromatic heterocycles. The minimum absolute atomic E-state index is 0.0477. The van der Waals surface area contributed by atoms with Gasteiger partial charge in [0.2, 0.25) is 5.91 Å². The van der Waals surface area contributed by atoms with Crippen LogP contribution in [0.5, 0.6) is 11.5 Å². The summed E-state index contributed by atoms with van der Waals surface area (Å²) in [5, 5.41) is 8.47. The van der Waals surface area contributed by atoms with Gasteiger partial charge in [0.05, 0.1) is 26.0 Å². The number of anilines is 1.